The Morgan fingerprint density at radius 3 is 2.61 bits per heavy atom. The molecule has 0 radical (unpaired) electrons. The molecular weight excluding hydrogens is 298 g/mol. The Labute approximate surface area is 115 Å². The third-order valence-corrected chi connectivity index (χ3v) is 3.10. The van der Waals surface area contributed by atoms with Crippen LogP contribution in [0.15, 0.2) is 16.6 Å². The second-order valence-corrected chi connectivity index (χ2v) is 4.90. The smallest absolute Gasteiger partial charge is 0.323 e. The van der Waals surface area contributed by atoms with Crippen LogP contribution in [0.5, 0.6) is 5.75 Å². The van der Waals surface area contributed by atoms with Gasteiger partial charge in [0, 0.05) is 10.9 Å². The van der Waals surface area contributed by atoms with Crippen molar-refractivity contribution in [3.05, 3.63) is 27.7 Å². The van der Waals surface area contributed by atoms with Crippen molar-refractivity contribution in [2.24, 2.45) is 5.73 Å². The van der Waals surface area contributed by atoms with E-state index in [4.69, 9.17) is 10.5 Å². The van der Waals surface area contributed by atoms with Crippen LogP contribution in [0.25, 0.3) is 0 Å². The van der Waals surface area contributed by atoms with Gasteiger partial charge in [0.1, 0.15) is 11.8 Å². The minimum atomic E-state index is -0.755. The predicted molar refractivity (Wildman–Crippen MR) is 73.5 cm³/mol. The maximum Gasteiger partial charge on any atom is 0.323 e. The molecular formula is C13H18BrNO3. The molecule has 1 aromatic rings. The molecule has 1 aromatic carbocycles. The highest BCUT2D eigenvalue weighted by molar-refractivity contribution is 9.10. The van der Waals surface area contributed by atoms with E-state index in [9.17, 15) is 9.90 Å². The molecule has 0 aliphatic rings. The van der Waals surface area contributed by atoms with E-state index in [1.807, 2.05) is 13.0 Å². The summed E-state index contributed by atoms with van der Waals surface area (Å²) in [7, 11) is 0. The van der Waals surface area contributed by atoms with Crippen molar-refractivity contribution in [2.45, 2.75) is 32.7 Å². The number of hydrogen-bond acceptors (Lipinski definition) is 4. The normalized spacial score (nSPS) is 12.2. The molecule has 3 N–H and O–H groups in total. The van der Waals surface area contributed by atoms with Gasteiger partial charge in [0.05, 0.1) is 6.61 Å². The van der Waals surface area contributed by atoms with Crippen molar-refractivity contribution in [2.75, 3.05) is 6.61 Å². The predicted octanol–water partition coefficient (Wildman–Crippen LogP) is 2.15. The van der Waals surface area contributed by atoms with Gasteiger partial charge in [-0.15, -0.1) is 0 Å². The Hall–Kier alpha value is -1.07. The first-order valence-corrected chi connectivity index (χ1v) is 6.71. The van der Waals surface area contributed by atoms with Gasteiger partial charge in [-0.25, -0.2) is 0 Å². The summed E-state index contributed by atoms with van der Waals surface area (Å²) in [5.74, 6) is -0.240. The molecule has 5 heteroatoms. The Bertz CT molecular complexity index is 434. The highest BCUT2D eigenvalue weighted by atomic mass is 79.9. The minimum absolute atomic E-state index is 0.209. The van der Waals surface area contributed by atoms with Gasteiger partial charge in [0.25, 0.3) is 0 Å². The zero-order valence-corrected chi connectivity index (χ0v) is 12.2. The van der Waals surface area contributed by atoms with Crippen LogP contribution in [0.3, 0.4) is 0 Å². The maximum atomic E-state index is 11.5. The molecule has 0 saturated carbocycles. The summed E-state index contributed by atoms with van der Waals surface area (Å²) < 4.78 is 5.71. The summed E-state index contributed by atoms with van der Waals surface area (Å²) in [5.41, 5.74) is 7.23. The summed E-state index contributed by atoms with van der Waals surface area (Å²) in [5, 5.41) is 10.0. The number of phenolic OH excluding ortho intramolecular Hbond substituents is 1. The van der Waals surface area contributed by atoms with Crippen molar-refractivity contribution < 1.29 is 14.6 Å². The molecule has 0 aliphatic carbocycles. The van der Waals surface area contributed by atoms with Crippen LogP contribution in [0.1, 0.15) is 25.0 Å². The van der Waals surface area contributed by atoms with Gasteiger partial charge in [-0.2, -0.15) is 0 Å². The maximum absolute atomic E-state index is 11.5. The molecule has 0 aliphatic heterocycles. The summed E-state index contributed by atoms with van der Waals surface area (Å²) in [6, 6.07) is 2.87. The van der Waals surface area contributed by atoms with E-state index in [1.165, 1.54) is 0 Å². The highest BCUT2D eigenvalue weighted by Gasteiger charge is 2.18. The van der Waals surface area contributed by atoms with Crippen LogP contribution in [-0.2, 0) is 22.4 Å². The molecule has 4 nitrogen and oxygen atoms in total. The van der Waals surface area contributed by atoms with E-state index < -0.39 is 12.0 Å². The number of nitrogens with two attached hydrogens (primary N) is 1. The molecule has 0 heterocycles. The fraction of sp³-hybridized carbons (Fsp3) is 0.462. The largest absolute Gasteiger partial charge is 0.507 e. The molecule has 1 atom stereocenters. The number of carbonyl (C=O) groups is 1. The topological polar surface area (TPSA) is 72.5 Å². The van der Waals surface area contributed by atoms with E-state index in [2.05, 4.69) is 15.9 Å². The lowest BCUT2D eigenvalue weighted by Crippen LogP contribution is -2.34. The fourth-order valence-electron chi connectivity index (χ4n) is 1.71. The monoisotopic (exact) mass is 315 g/mol. The lowest BCUT2D eigenvalue weighted by Gasteiger charge is -2.14. The Morgan fingerprint density at radius 2 is 2.06 bits per heavy atom. The van der Waals surface area contributed by atoms with Crippen molar-refractivity contribution >= 4 is 21.9 Å². The molecule has 0 saturated heterocycles. The van der Waals surface area contributed by atoms with Gasteiger partial charge < -0.3 is 15.6 Å². The molecule has 0 amide bonds. The minimum Gasteiger partial charge on any atom is -0.507 e. The first-order chi connectivity index (χ1) is 8.49. The van der Waals surface area contributed by atoms with E-state index in [0.29, 0.717) is 18.6 Å². The third kappa shape index (κ3) is 3.71. The summed E-state index contributed by atoms with van der Waals surface area (Å²) in [4.78, 5) is 11.5. The molecule has 1 unspecified atom stereocenters. The average Bonchev–Trinajstić information content (AvgIpc) is 2.33. The number of aryl methyl sites for hydroxylation is 1. The zero-order chi connectivity index (χ0) is 13.7. The van der Waals surface area contributed by atoms with Crippen molar-refractivity contribution in [1.29, 1.82) is 0 Å². The number of esters is 1. The number of ether oxygens (including phenoxy) is 1. The first-order valence-electron chi connectivity index (χ1n) is 5.92. The summed E-state index contributed by atoms with van der Waals surface area (Å²) >= 11 is 3.38. The Balaban J connectivity index is 2.90. The van der Waals surface area contributed by atoms with Crippen LogP contribution in [0, 0.1) is 0 Å². The van der Waals surface area contributed by atoms with Crippen LogP contribution < -0.4 is 5.73 Å². The standard InChI is InChI=1S/C13H18BrNO3/c1-3-8-5-10(14)6-9(12(8)16)7-11(15)13(17)18-4-2/h5-6,11,16H,3-4,7,15H2,1-2H3. The molecule has 18 heavy (non-hydrogen) atoms. The number of rotatable bonds is 5. The lowest BCUT2D eigenvalue weighted by molar-refractivity contribution is -0.144. The highest BCUT2D eigenvalue weighted by Crippen LogP contribution is 2.28. The van der Waals surface area contributed by atoms with Crippen molar-refractivity contribution in [1.82, 2.24) is 0 Å². The average molecular weight is 316 g/mol. The van der Waals surface area contributed by atoms with Gasteiger partial charge in [0.2, 0.25) is 0 Å². The molecule has 0 bridgehead atoms. The van der Waals surface area contributed by atoms with Crippen molar-refractivity contribution in [3.63, 3.8) is 0 Å². The zero-order valence-electron chi connectivity index (χ0n) is 10.6. The summed E-state index contributed by atoms with van der Waals surface area (Å²) in [6.07, 6.45) is 0.976. The second kappa shape index (κ2) is 6.75. The van der Waals surface area contributed by atoms with Crippen LogP contribution in [0.4, 0.5) is 0 Å². The fourth-order valence-corrected chi connectivity index (χ4v) is 2.26. The molecule has 0 fully saturated rings. The van der Waals surface area contributed by atoms with Gasteiger partial charge in [-0.3, -0.25) is 4.79 Å². The van der Waals surface area contributed by atoms with Crippen LogP contribution >= 0.6 is 15.9 Å². The van der Waals surface area contributed by atoms with E-state index in [0.717, 1.165) is 10.0 Å². The van der Waals surface area contributed by atoms with Crippen molar-refractivity contribution in [3.8, 4) is 5.75 Å². The van der Waals surface area contributed by atoms with E-state index in [1.54, 1.807) is 13.0 Å². The molecule has 100 valence electrons. The SMILES string of the molecule is CCOC(=O)C(N)Cc1cc(Br)cc(CC)c1O. The lowest BCUT2D eigenvalue weighted by atomic mass is 10.0. The molecule has 0 spiro atoms. The second-order valence-electron chi connectivity index (χ2n) is 3.99. The van der Waals surface area contributed by atoms with Gasteiger partial charge >= 0.3 is 5.97 Å². The quantitative estimate of drug-likeness (QED) is 0.817. The van der Waals surface area contributed by atoms with Gasteiger partial charge in [0.15, 0.2) is 0 Å². The number of hydrogen-bond donors (Lipinski definition) is 2. The Kier molecular flexibility index (Phi) is 5.62. The number of halogens is 1. The summed E-state index contributed by atoms with van der Waals surface area (Å²) in [6.45, 7) is 3.99. The molecule has 1 rings (SSSR count). The van der Waals surface area contributed by atoms with Crippen LogP contribution in [-0.4, -0.2) is 23.7 Å². The third-order valence-electron chi connectivity index (χ3n) is 2.64. The van der Waals surface area contributed by atoms with Gasteiger partial charge in [-0.05, 0) is 36.6 Å². The number of carbonyl (C=O) groups excluding carboxylic acids is 1. The van der Waals surface area contributed by atoms with E-state index in [-0.39, 0.29) is 12.2 Å². The van der Waals surface area contributed by atoms with Gasteiger partial charge in [-0.1, -0.05) is 22.9 Å². The van der Waals surface area contributed by atoms with Crippen LogP contribution in [0.2, 0.25) is 0 Å². The molecule has 0 aromatic heterocycles. The number of aromatic hydroxyl groups is 1. The first kappa shape index (κ1) is 15.0. The number of phenols is 1. The number of benzene rings is 1. The Morgan fingerprint density at radius 1 is 1.44 bits per heavy atom. The van der Waals surface area contributed by atoms with E-state index >= 15 is 0 Å².